The van der Waals surface area contributed by atoms with E-state index in [1.807, 2.05) is 0 Å². The largest absolute Gasteiger partial charge is 0.465 e. The number of rotatable bonds is 3. The number of hydrogen-bond acceptors (Lipinski definition) is 5. The van der Waals surface area contributed by atoms with E-state index in [0.29, 0.717) is 30.5 Å². The Morgan fingerprint density at radius 3 is 2.71 bits per heavy atom. The molecule has 2 aliphatic heterocycles. The van der Waals surface area contributed by atoms with Crippen LogP contribution >= 0.6 is 12.4 Å². The van der Waals surface area contributed by atoms with Gasteiger partial charge in [-0.25, -0.2) is 13.2 Å². The summed E-state index contributed by atoms with van der Waals surface area (Å²) in [7, 11) is -2.31. The van der Waals surface area contributed by atoms with Crippen molar-refractivity contribution in [3.05, 3.63) is 29.3 Å². The van der Waals surface area contributed by atoms with E-state index in [9.17, 15) is 13.2 Å². The maximum Gasteiger partial charge on any atom is 0.337 e. The predicted molar refractivity (Wildman–Crippen MR) is 93.0 cm³/mol. The van der Waals surface area contributed by atoms with Gasteiger partial charge in [0.1, 0.15) is 0 Å². The van der Waals surface area contributed by atoms with E-state index in [1.54, 1.807) is 23.4 Å². The van der Waals surface area contributed by atoms with Crippen molar-refractivity contribution in [2.24, 2.45) is 11.8 Å². The van der Waals surface area contributed by atoms with Gasteiger partial charge in [-0.1, -0.05) is 6.07 Å². The number of sulfonamides is 1. The van der Waals surface area contributed by atoms with Crippen LogP contribution in [0, 0.1) is 18.8 Å². The van der Waals surface area contributed by atoms with Gasteiger partial charge in [-0.15, -0.1) is 12.4 Å². The summed E-state index contributed by atoms with van der Waals surface area (Å²) in [5.41, 5.74) is 0.901. The molecular formula is C16H23ClN2O4S. The Balaban J connectivity index is 0.00000208. The standard InChI is InChI=1S/C16H22N2O4S.ClH/c1-11-3-4-12(16(19)22-2)7-15(11)23(20,21)18-6-5-13-8-17-9-14(13)10-18;/h3-4,7,13-14,17H,5-6,8-10H2,1-2H3;1H. The van der Waals surface area contributed by atoms with Crippen molar-refractivity contribution in [2.75, 3.05) is 33.3 Å². The predicted octanol–water partition coefficient (Wildman–Crippen LogP) is 1.43. The number of halogens is 1. The summed E-state index contributed by atoms with van der Waals surface area (Å²) < 4.78 is 32.3. The van der Waals surface area contributed by atoms with Crippen molar-refractivity contribution < 1.29 is 17.9 Å². The molecule has 0 radical (unpaired) electrons. The number of hydrogen-bond donors (Lipinski definition) is 1. The van der Waals surface area contributed by atoms with E-state index in [4.69, 9.17) is 4.74 Å². The topological polar surface area (TPSA) is 75.7 Å². The van der Waals surface area contributed by atoms with E-state index in [1.165, 1.54) is 13.2 Å². The zero-order valence-corrected chi connectivity index (χ0v) is 15.5. The first-order chi connectivity index (χ1) is 10.9. The van der Waals surface area contributed by atoms with Gasteiger partial charge < -0.3 is 10.1 Å². The van der Waals surface area contributed by atoms with Crippen LogP contribution in [0.4, 0.5) is 0 Å². The van der Waals surface area contributed by atoms with Gasteiger partial charge in [-0.05, 0) is 56.0 Å². The maximum absolute atomic E-state index is 13.0. The van der Waals surface area contributed by atoms with Crippen molar-refractivity contribution in [3.8, 4) is 0 Å². The van der Waals surface area contributed by atoms with E-state index in [-0.39, 0.29) is 22.9 Å². The number of fused-ring (bicyclic) bond motifs is 1. The molecule has 0 aromatic heterocycles. The van der Waals surface area contributed by atoms with E-state index in [0.717, 1.165) is 19.5 Å². The van der Waals surface area contributed by atoms with Crippen LogP contribution in [0.1, 0.15) is 22.3 Å². The molecule has 3 rings (SSSR count). The second kappa shape index (κ2) is 7.39. The third-order valence-corrected chi connectivity index (χ3v) is 6.90. The lowest BCUT2D eigenvalue weighted by Crippen LogP contribution is -2.43. The van der Waals surface area contributed by atoms with Gasteiger partial charge >= 0.3 is 5.97 Å². The van der Waals surface area contributed by atoms with Crippen LogP contribution in [0.25, 0.3) is 0 Å². The highest BCUT2D eigenvalue weighted by Crippen LogP contribution is 2.31. The molecule has 2 aliphatic rings. The Kier molecular flexibility index (Phi) is 5.91. The van der Waals surface area contributed by atoms with Crippen LogP contribution in [0.2, 0.25) is 0 Å². The number of nitrogens with one attached hydrogen (secondary N) is 1. The first kappa shape index (κ1) is 19.2. The molecule has 2 atom stereocenters. The summed E-state index contributed by atoms with van der Waals surface area (Å²) >= 11 is 0. The second-order valence-electron chi connectivity index (χ2n) is 6.30. The number of piperidine rings is 1. The molecule has 6 nitrogen and oxygen atoms in total. The number of carbonyl (C=O) groups is 1. The Labute approximate surface area is 149 Å². The zero-order chi connectivity index (χ0) is 16.6. The van der Waals surface area contributed by atoms with Crippen molar-refractivity contribution in [1.82, 2.24) is 9.62 Å². The number of nitrogens with zero attached hydrogens (tertiary/aromatic N) is 1. The van der Waals surface area contributed by atoms with Gasteiger partial charge in [0.25, 0.3) is 0 Å². The number of carbonyl (C=O) groups excluding carboxylic acids is 1. The smallest absolute Gasteiger partial charge is 0.337 e. The lowest BCUT2D eigenvalue weighted by molar-refractivity contribution is 0.0600. The Hall–Kier alpha value is -1.15. The van der Waals surface area contributed by atoms with Crippen LogP contribution in [0.5, 0.6) is 0 Å². The summed E-state index contributed by atoms with van der Waals surface area (Å²) in [5.74, 6) is 0.423. The maximum atomic E-state index is 13.0. The number of ether oxygens (including phenoxy) is 1. The van der Waals surface area contributed by atoms with Crippen LogP contribution in [-0.2, 0) is 14.8 Å². The average Bonchev–Trinajstić information content (AvgIpc) is 3.02. The van der Waals surface area contributed by atoms with E-state index in [2.05, 4.69) is 5.32 Å². The Bertz CT molecular complexity index is 723. The summed E-state index contributed by atoms with van der Waals surface area (Å²) in [6.07, 6.45) is 0.882. The van der Waals surface area contributed by atoms with Gasteiger partial charge in [0.05, 0.1) is 17.6 Å². The molecule has 0 saturated carbocycles. The molecule has 0 amide bonds. The Morgan fingerprint density at radius 1 is 1.29 bits per heavy atom. The number of methoxy groups -OCH3 is 1. The highest BCUT2D eigenvalue weighted by Gasteiger charge is 2.38. The molecule has 8 heteroatoms. The number of benzene rings is 1. The Morgan fingerprint density at radius 2 is 2.00 bits per heavy atom. The summed E-state index contributed by atoms with van der Waals surface area (Å²) in [6, 6.07) is 4.67. The lowest BCUT2D eigenvalue weighted by Gasteiger charge is -2.33. The fourth-order valence-corrected chi connectivity index (χ4v) is 5.24. The fraction of sp³-hybridized carbons (Fsp3) is 0.562. The zero-order valence-electron chi connectivity index (χ0n) is 13.8. The quantitative estimate of drug-likeness (QED) is 0.810. The SMILES string of the molecule is COC(=O)c1ccc(C)c(S(=O)(=O)N2CCC3CNCC3C2)c1.Cl. The van der Waals surface area contributed by atoms with Crippen molar-refractivity contribution in [1.29, 1.82) is 0 Å². The lowest BCUT2D eigenvalue weighted by atomic mass is 9.90. The molecular weight excluding hydrogens is 352 g/mol. The highest BCUT2D eigenvalue weighted by atomic mass is 35.5. The molecule has 134 valence electrons. The average molecular weight is 375 g/mol. The third-order valence-electron chi connectivity index (χ3n) is 4.89. The fourth-order valence-electron chi connectivity index (χ4n) is 3.48. The second-order valence-corrected chi connectivity index (χ2v) is 8.21. The molecule has 1 aromatic carbocycles. The molecule has 0 bridgehead atoms. The normalized spacial score (nSPS) is 24.1. The molecule has 2 saturated heterocycles. The molecule has 0 spiro atoms. The summed E-state index contributed by atoms with van der Waals surface area (Å²) in [6.45, 7) is 4.68. The minimum Gasteiger partial charge on any atom is -0.465 e. The molecule has 2 fully saturated rings. The van der Waals surface area contributed by atoms with Crippen LogP contribution in [0.3, 0.4) is 0 Å². The molecule has 1 N–H and O–H groups in total. The van der Waals surface area contributed by atoms with Crippen LogP contribution < -0.4 is 5.32 Å². The molecule has 24 heavy (non-hydrogen) atoms. The minimum atomic E-state index is -3.60. The van der Waals surface area contributed by atoms with Gasteiger partial charge in [0, 0.05) is 13.1 Å². The van der Waals surface area contributed by atoms with Gasteiger partial charge in [0.15, 0.2) is 0 Å². The monoisotopic (exact) mass is 374 g/mol. The van der Waals surface area contributed by atoms with Crippen molar-refractivity contribution in [2.45, 2.75) is 18.2 Å². The van der Waals surface area contributed by atoms with Crippen LogP contribution in [-0.4, -0.2) is 52.0 Å². The third kappa shape index (κ3) is 3.44. The van der Waals surface area contributed by atoms with E-state index < -0.39 is 16.0 Å². The molecule has 2 heterocycles. The van der Waals surface area contributed by atoms with Gasteiger partial charge in [0.2, 0.25) is 10.0 Å². The summed E-state index contributed by atoms with van der Waals surface area (Å²) in [5, 5.41) is 3.34. The molecule has 0 aliphatic carbocycles. The first-order valence-corrected chi connectivity index (χ1v) is 9.27. The van der Waals surface area contributed by atoms with Crippen molar-refractivity contribution in [3.63, 3.8) is 0 Å². The first-order valence-electron chi connectivity index (χ1n) is 7.83. The van der Waals surface area contributed by atoms with Crippen LogP contribution in [0.15, 0.2) is 23.1 Å². The minimum absolute atomic E-state index is 0. The number of esters is 1. The van der Waals surface area contributed by atoms with Crippen molar-refractivity contribution >= 4 is 28.4 Å². The molecule has 2 unspecified atom stereocenters. The molecule has 1 aromatic rings. The number of aryl methyl sites for hydroxylation is 1. The van der Waals surface area contributed by atoms with Gasteiger partial charge in [-0.2, -0.15) is 4.31 Å². The highest BCUT2D eigenvalue weighted by molar-refractivity contribution is 7.89. The summed E-state index contributed by atoms with van der Waals surface area (Å²) in [4.78, 5) is 11.9. The van der Waals surface area contributed by atoms with Gasteiger partial charge in [-0.3, -0.25) is 0 Å². The van der Waals surface area contributed by atoms with E-state index >= 15 is 0 Å².